The lowest BCUT2D eigenvalue weighted by Crippen LogP contribution is -2.61. The van der Waals surface area contributed by atoms with Gasteiger partial charge in [0.05, 0.1) is 0 Å². The van der Waals surface area contributed by atoms with Crippen LogP contribution in [0, 0.1) is 5.92 Å². The summed E-state index contributed by atoms with van der Waals surface area (Å²) in [6.07, 6.45) is 3.41. The van der Waals surface area contributed by atoms with Crippen LogP contribution in [-0.2, 0) is 27.3 Å². The van der Waals surface area contributed by atoms with Crippen LogP contribution in [0.15, 0.2) is 48.5 Å². The number of carbonyl (C=O) groups is 3. The highest BCUT2D eigenvalue weighted by atomic mass is 35.5. The number of piperazine rings is 1. The molecule has 2 aliphatic heterocycles. The molecule has 1 aliphatic carbocycles. The molecule has 2 heterocycles. The number of carboxylic acids is 1. The highest BCUT2D eigenvalue weighted by Gasteiger charge is 2.41. The molecule has 47 heavy (non-hydrogen) atoms. The molecule has 1 saturated heterocycles. The van der Waals surface area contributed by atoms with Gasteiger partial charge in [0.2, 0.25) is 11.8 Å². The van der Waals surface area contributed by atoms with Gasteiger partial charge in [-0.25, -0.2) is 4.79 Å². The van der Waals surface area contributed by atoms with Crippen molar-refractivity contribution in [2.75, 3.05) is 26.2 Å². The SMILES string of the molecule is CC(C)CC1(N2CCN(C(=O)[C@@H](Cc3ccc(Cl)cc3)NC(=O)CC3NCc4ccccc43)CC2)CCCCC1.O=C(O)C(F)(F)F. The minimum Gasteiger partial charge on any atom is -0.475 e. The Bertz CT molecular complexity index is 1360. The summed E-state index contributed by atoms with van der Waals surface area (Å²) in [5.41, 5.74) is 3.68. The zero-order valence-corrected chi connectivity index (χ0v) is 27.9. The molecular formula is C35H46ClF3N4O4. The number of fused-ring (bicyclic) bond motifs is 1. The summed E-state index contributed by atoms with van der Waals surface area (Å²) in [5.74, 6) is -2.17. The average Bonchev–Trinajstić information content (AvgIpc) is 3.44. The number of benzene rings is 2. The van der Waals surface area contributed by atoms with Crippen molar-refractivity contribution in [3.05, 3.63) is 70.2 Å². The minimum absolute atomic E-state index is 0.0179. The second-order valence-electron chi connectivity index (χ2n) is 13.3. The number of carbonyl (C=O) groups excluding carboxylic acids is 2. The number of hydrogen-bond acceptors (Lipinski definition) is 5. The van der Waals surface area contributed by atoms with Gasteiger partial charge in [-0.15, -0.1) is 0 Å². The van der Waals surface area contributed by atoms with Crippen LogP contribution in [0.1, 0.15) is 81.5 Å². The fraction of sp³-hybridized carbons (Fsp3) is 0.571. The number of rotatable bonds is 9. The number of halogens is 4. The quantitative estimate of drug-likeness (QED) is 0.295. The number of nitrogens with zero attached hydrogens (tertiary/aromatic N) is 2. The monoisotopic (exact) mass is 678 g/mol. The molecule has 2 fully saturated rings. The first-order valence-corrected chi connectivity index (χ1v) is 16.8. The molecule has 5 rings (SSSR count). The average molecular weight is 679 g/mol. The maximum Gasteiger partial charge on any atom is 0.490 e. The molecule has 2 amide bonds. The molecule has 0 aromatic heterocycles. The molecule has 258 valence electrons. The molecule has 3 aliphatic rings. The first-order valence-electron chi connectivity index (χ1n) is 16.5. The molecule has 12 heteroatoms. The number of amides is 2. The van der Waals surface area contributed by atoms with Gasteiger partial charge in [0.25, 0.3) is 0 Å². The Morgan fingerprint density at radius 2 is 1.62 bits per heavy atom. The van der Waals surface area contributed by atoms with Crippen molar-refractivity contribution in [1.29, 1.82) is 0 Å². The van der Waals surface area contributed by atoms with Gasteiger partial charge in [-0.2, -0.15) is 13.2 Å². The van der Waals surface area contributed by atoms with E-state index < -0.39 is 18.2 Å². The minimum atomic E-state index is -5.08. The molecule has 0 bridgehead atoms. The lowest BCUT2D eigenvalue weighted by Gasteiger charge is -2.51. The van der Waals surface area contributed by atoms with E-state index in [4.69, 9.17) is 21.5 Å². The van der Waals surface area contributed by atoms with Gasteiger partial charge >= 0.3 is 12.1 Å². The van der Waals surface area contributed by atoms with Gasteiger partial charge < -0.3 is 20.6 Å². The molecular weight excluding hydrogens is 633 g/mol. The smallest absolute Gasteiger partial charge is 0.475 e. The molecule has 1 saturated carbocycles. The van der Waals surface area contributed by atoms with Crippen molar-refractivity contribution in [3.63, 3.8) is 0 Å². The predicted molar refractivity (Wildman–Crippen MR) is 175 cm³/mol. The Kier molecular flexibility index (Phi) is 12.7. The Hall–Kier alpha value is -3.15. The largest absolute Gasteiger partial charge is 0.490 e. The number of hydrogen-bond donors (Lipinski definition) is 3. The Labute approximate surface area is 280 Å². The molecule has 1 unspecified atom stereocenters. The number of aliphatic carboxylic acids is 1. The summed E-state index contributed by atoms with van der Waals surface area (Å²) < 4.78 is 31.7. The summed E-state index contributed by atoms with van der Waals surface area (Å²) in [6.45, 7) is 8.67. The third kappa shape index (κ3) is 10.2. The normalized spacial score (nSPS) is 20.1. The number of carboxylic acid groups (broad SMARTS) is 1. The summed E-state index contributed by atoms with van der Waals surface area (Å²) in [6, 6.07) is 15.2. The fourth-order valence-corrected chi connectivity index (χ4v) is 7.42. The predicted octanol–water partition coefficient (Wildman–Crippen LogP) is 6.13. The Morgan fingerprint density at radius 3 is 2.21 bits per heavy atom. The highest BCUT2D eigenvalue weighted by molar-refractivity contribution is 6.30. The van der Waals surface area contributed by atoms with Crippen molar-refractivity contribution in [2.45, 2.75) is 95.6 Å². The number of nitrogens with one attached hydrogen (secondary N) is 2. The van der Waals surface area contributed by atoms with Crippen LogP contribution in [0.5, 0.6) is 0 Å². The molecule has 2 aromatic rings. The van der Waals surface area contributed by atoms with E-state index in [1.54, 1.807) is 0 Å². The van der Waals surface area contributed by atoms with Gasteiger partial charge in [0.1, 0.15) is 6.04 Å². The first kappa shape index (κ1) is 36.7. The van der Waals surface area contributed by atoms with E-state index in [1.165, 1.54) is 49.7 Å². The van der Waals surface area contributed by atoms with Gasteiger partial charge in [-0.05, 0) is 54.0 Å². The van der Waals surface area contributed by atoms with Crippen LogP contribution in [0.25, 0.3) is 0 Å². The zero-order valence-electron chi connectivity index (χ0n) is 27.1. The zero-order chi connectivity index (χ0) is 34.2. The van der Waals surface area contributed by atoms with Crippen LogP contribution >= 0.6 is 11.6 Å². The van der Waals surface area contributed by atoms with Crippen molar-refractivity contribution in [2.24, 2.45) is 5.92 Å². The number of alkyl halides is 3. The lowest BCUT2D eigenvalue weighted by molar-refractivity contribution is -0.192. The van der Waals surface area contributed by atoms with E-state index in [1.807, 2.05) is 41.3 Å². The van der Waals surface area contributed by atoms with E-state index in [0.717, 1.165) is 25.2 Å². The summed E-state index contributed by atoms with van der Waals surface area (Å²) in [4.78, 5) is 40.8. The van der Waals surface area contributed by atoms with Gasteiger partial charge in [-0.1, -0.05) is 81.1 Å². The molecule has 3 N–H and O–H groups in total. The fourth-order valence-electron chi connectivity index (χ4n) is 7.30. The standard InChI is InChI=1S/C33H45ClN4O2.C2HF3O2/c1-24(2)22-33(14-6-3-7-15-33)38-18-16-37(17-19-38)32(40)30(20-25-10-12-27(34)13-11-25)36-31(39)21-29-28-9-5-4-8-26(28)23-35-29;3-2(4,5)1(6)7/h4-5,8-13,24,29-30,35H,3,6-7,14-23H2,1-2H3,(H,36,39);(H,6,7)/t29?,30-;/m1./s1. The van der Waals surface area contributed by atoms with Crippen molar-refractivity contribution in [3.8, 4) is 0 Å². The van der Waals surface area contributed by atoms with E-state index in [0.29, 0.717) is 36.9 Å². The highest BCUT2D eigenvalue weighted by Crippen LogP contribution is 2.39. The maximum absolute atomic E-state index is 13.9. The third-order valence-corrected chi connectivity index (χ3v) is 9.67. The van der Waals surface area contributed by atoms with Crippen LogP contribution in [0.4, 0.5) is 13.2 Å². The summed E-state index contributed by atoms with van der Waals surface area (Å²) in [5, 5.41) is 14.4. The van der Waals surface area contributed by atoms with Gasteiger partial charge in [0, 0.05) is 62.2 Å². The van der Waals surface area contributed by atoms with E-state index >= 15 is 0 Å². The van der Waals surface area contributed by atoms with Crippen LogP contribution in [0.2, 0.25) is 5.02 Å². The topological polar surface area (TPSA) is 102 Å². The summed E-state index contributed by atoms with van der Waals surface area (Å²) in [7, 11) is 0. The van der Waals surface area contributed by atoms with Crippen molar-refractivity contribution < 1.29 is 32.7 Å². The summed E-state index contributed by atoms with van der Waals surface area (Å²) >= 11 is 6.12. The molecule has 2 aromatic carbocycles. The second-order valence-corrected chi connectivity index (χ2v) is 13.7. The maximum atomic E-state index is 13.9. The van der Waals surface area contributed by atoms with Crippen molar-refractivity contribution >= 4 is 29.4 Å². The van der Waals surface area contributed by atoms with Gasteiger partial charge in [0.15, 0.2) is 0 Å². The van der Waals surface area contributed by atoms with Gasteiger partial charge in [-0.3, -0.25) is 14.5 Å². The Morgan fingerprint density at radius 1 is 1.00 bits per heavy atom. The second kappa shape index (κ2) is 16.3. The first-order chi connectivity index (χ1) is 22.3. The molecule has 8 nitrogen and oxygen atoms in total. The van der Waals surface area contributed by atoms with E-state index in [-0.39, 0.29) is 23.4 Å². The van der Waals surface area contributed by atoms with Crippen LogP contribution in [0.3, 0.4) is 0 Å². The van der Waals surface area contributed by atoms with E-state index in [9.17, 15) is 22.8 Å². The molecule has 0 radical (unpaired) electrons. The molecule has 2 atom stereocenters. The lowest BCUT2D eigenvalue weighted by atomic mass is 9.75. The van der Waals surface area contributed by atoms with Crippen LogP contribution < -0.4 is 10.6 Å². The third-order valence-electron chi connectivity index (χ3n) is 9.42. The van der Waals surface area contributed by atoms with E-state index in [2.05, 4.69) is 41.5 Å². The van der Waals surface area contributed by atoms with Crippen molar-refractivity contribution in [1.82, 2.24) is 20.4 Å². The molecule has 0 spiro atoms. The Balaban J connectivity index is 0.000000644. The van der Waals surface area contributed by atoms with Crippen LogP contribution in [-0.4, -0.2) is 76.6 Å².